The van der Waals surface area contributed by atoms with Crippen molar-refractivity contribution in [3.05, 3.63) is 81.3 Å². The summed E-state index contributed by atoms with van der Waals surface area (Å²) in [5.74, 6) is 0.409. The highest BCUT2D eigenvalue weighted by Gasteiger charge is 2.33. The van der Waals surface area contributed by atoms with Crippen molar-refractivity contribution in [3.8, 4) is 5.75 Å². The van der Waals surface area contributed by atoms with Crippen molar-refractivity contribution in [2.75, 3.05) is 13.1 Å². The number of carbonyl (C=O) groups is 2. The van der Waals surface area contributed by atoms with Crippen molar-refractivity contribution in [2.24, 2.45) is 0 Å². The average molecular weight is 428 g/mol. The molecule has 1 N–H and O–H groups in total. The molecule has 4 rings (SSSR count). The predicted octanol–water partition coefficient (Wildman–Crippen LogP) is 3.63. The zero-order chi connectivity index (χ0) is 20.2. The molecule has 2 aromatic heterocycles. The number of halogens is 1. The summed E-state index contributed by atoms with van der Waals surface area (Å²) in [6.07, 6.45) is 3.07. The van der Waals surface area contributed by atoms with Crippen LogP contribution in [0.15, 0.2) is 60.9 Å². The Labute approximate surface area is 177 Å². The van der Waals surface area contributed by atoms with Gasteiger partial charge in [-0.05, 0) is 24.3 Å². The van der Waals surface area contributed by atoms with E-state index in [1.165, 1.54) is 17.5 Å². The van der Waals surface area contributed by atoms with Gasteiger partial charge in [-0.2, -0.15) is 0 Å². The second kappa shape index (κ2) is 8.63. The first-order valence-corrected chi connectivity index (χ1v) is 10.3. The van der Waals surface area contributed by atoms with Gasteiger partial charge in [0.25, 0.3) is 11.8 Å². The molecule has 1 aromatic carbocycles. The van der Waals surface area contributed by atoms with E-state index in [0.29, 0.717) is 40.8 Å². The van der Waals surface area contributed by atoms with Crippen LogP contribution in [0.4, 0.5) is 0 Å². The molecule has 0 bridgehead atoms. The fraction of sp³-hybridized carbons (Fsp3) is 0.190. The summed E-state index contributed by atoms with van der Waals surface area (Å²) >= 11 is 7.43. The van der Waals surface area contributed by atoms with Gasteiger partial charge >= 0.3 is 0 Å². The number of ether oxygens (including phenoxy) is 1. The number of thiophene rings is 1. The lowest BCUT2D eigenvalue weighted by molar-refractivity contribution is 0.0182. The first-order valence-electron chi connectivity index (χ1n) is 9.07. The molecule has 0 unspecified atom stereocenters. The van der Waals surface area contributed by atoms with E-state index >= 15 is 0 Å². The second-order valence-electron chi connectivity index (χ2n) is 6.57. The quantitative estimate of drug-likeness (QED) is 0.652. The zero-order valence-corrected chi connectivity index (χ0v) is 16.9. The zero-order valence-electron chi connectivity index (χ0n) is 15.4. The lowest BCUT2D eigenvalue weighted by Crippen LogP contribution is -2.56. The van der Waals surface area contributed by atoms with Crippen LogP contribution in [0.25, 0.3) is 0 Å². The molecule has 1 saturated heterocycles. The number of hydrogen-bond acceptors (Lipinski definition) is 5. The van der Waals surface area contributed by atoms with E-state index in [2.05, 4.69) is 10.3 Å². The summed E-state index contributed by atoms with van der Waals surface area (Å²) in [5, 5.41) is 3.33. The van der Waals surface area contributed by atoms with Crippen molar-refractivity contribution in [1.82, 2.24) is 15.2 Å². The van der Waals surface area contributed by atoms with Gasteiger partial charge in [-0.25, -0.2) is 0 Å². The molecule has 1 fully saturated rings. The topological polar surface area (TPSA) is 71.5 Å². The Kier molecular flexibility index (Phi) is 5.78. The fourth-order valence-corrected chi connectivity index (χ4v) is 4.00. The van der Waals surface area contributed by atoms with Gasteiger partial charge in [0.05, 0.1) is 24.5 Å². The smallest absolute Gasteiger partial charge is 0.264 e. The number of nitrogens with one attached hydrogen (secondary N) is 1. The molecule has 3 aromatic rings. The number of benzene rings is 1. The number of carbonyl (C=O) groups excluding carboxylic acids is 2. The number of amides is 2. The third-order valence-electron chi connectivity index (χ3n) is 4.50. The normalized spacial score (nSPS) is 13.6. The Bertz CT molecular complexity index is 1020. The van der Waals surface area contributed by atoms with Crippen LogP contribution < -0.4 is 10.1 Å². The van der Waals surface area contributed by atoms with Gasteiger partial charge in [-0.3, -0.25) is 14.6 Å². The summed E-state index contributed by atoms with van der Waals surface area (Å²) in [6, 6.07) is 14.4. The summed E-state index contributed by atoms with van der Waals surface area (Å²) < 4.78 is 5.80. The fourth-order valence-electron chi connectivity index (χ4n) is 2.92. The van der Waals surface area contributed by atoms with Crippen LogP contribution in [-0.4, -0.2) is 40.9 Å². The molecule has 1 aliphatic rings. The monoisotopic (exact) mass is 427 g/mol. The van der Waals surface area contributed by atoms with Gasteiger partial charge in [-0.1, -0.05) is 29.8 Å². The molecular weight excluding hydrogens is 410 g/mol. The van der Waals surface area contributed by atoms with E-state index in [1.807, 2.05) is 24.3 Å². The highest BCUT2D eigenvalue weighted by molar-refractivity contribution is 7.14. The van der Waals surface area contributed by atoms with E-state index in [9.17, 15) is 9.59 Å². The number of likely N-dealkylation sites (tertiary alicyclic amines) is 1. The summed E-state index contributed by atoms with van der Waals surface area (Å²) in [6.45, 7) is 1.41. The van der Waals surface area contributed by atoms with Crippen LogP contribution in [0.5, 0.6) is 5.75 Å². The molecule has 29 heavy (non-hydrogen) atoms. The van der Waals surface area contributed by atoms with E-state index in [-0.39, 0.29) is 17.9 Å². The molecule has 6 nitrogen and oxygen atoms in total. The number of pyridine rings is 1. The third kappa shape index (κ3) is 4.58. The molecule has 0 saturated carbocycles. The van der Waals surface area contributed by atoms with Gasteiger partial charge in [0, 0.05) is 28.9 Å². The molecule has 148 valence electrons. The molecule has 0 spiro atoms. The number of nitrogens with zero attached hydrogens (tertiary/aromatic N) is 2. The Hall–Kier alpha value is -2.90. The highest BCUT2D eigenvalue weighted by atomic mass is 35.5. The third-order valence-corrected chi connectivity index (χ3v) is 5.85. The molecule has 1 aliphatic heterocycles. The van der Waals surface area contributed by atoms with Crippen LogP contribution >= 0.6 is 22.9 Å². The Morgan fingerprint density at radius 2 is 1.97 bits per heavy atom. The average Bonchev–Trinajstić information content (AvgIpc) is 3.19. The maximum absolute atomic E-state index is 12.6. The number of hydrogen-bond donors (Lipinski definition) is 1. The molecule has 0 radical (unpaired) electrons. The van der Waals surface area contributed by atoms with Crippen molar-refractivity contribution in [1.29, 1.82) is 0 Å². The lowest BCUT2D eigenvalue weighted by atomic mass is 10.1. The van der Waals surface area contributed by atoms with Crippen LogP contribution in [-0.2, 0) is 6.54 Å². The van der Waals surface area contributed by atoms with Gasteiger partial charge in [-0.15, -0.1) is 11.3 Å². The minimum absolute atomic E-state index is 0.0312. The molecule has 2 amide bonds. The van der Waals surface area contributed by atoms with Gasteiger partial charge in [0.15, 0.2) is 0 Å². The maximum Gasteiger partial charge on any atom is 0.264 e. The van der Waals surface area contributed by atoms with Crippen molar-refractivity contribution in [3.63, 3.8) is 0 Å². The lowest BCUT2D eigenvalue weighted by Gasteiger charge is -2.38. The minimum atomic E-state index is -0.135. The highest BCUT2D eigenvalue weighted by Crippen LogP contribution is 2.27. The van der Waals surface area contributed by atoms with E-state index in [0.717, 1.165) is 4.88 Å². The maximum atomic E-state index is 12.6. The first kappa shape index (κ1) is 19.4. The van der Waals surface area contributed by atoms with E-state index in [4.69, 9.17) is 16.3 Å². The van der Waals surface area contributed by atoms with E-state index in [1.54, 1.807) is 35.4 Å². The van der Waals surface area contributed by atoms with E-state index < -0.39 is 0 Å². The van der Waals surface area contributed by atoms with Crippen LogP contribution in [0, 0.1) is 0 Å². The number of aromatic nitrogens is 1. The van der Waals surface area contributed by atoms with Gasteiger partial charge in [0.1, 0.15) is 16.9 Å². The minimum Gasteiger partial charge on any atom is -0.485 e. The summed E-state index contributed by atoms with van der Waals surface area (Å²) in [4.78, 5) is 32.0. The van der Waals surface area contributed by atoms with Gasteiger partial charge < -0.3 is 15.0 Å². The van der Waals surface area contributed by atoms with Crippen LogP contribution in [0.3, 0.4) is 0 Å². The Morgan fingerprint density at radius 3 is 2.72 bits per heavy atom. The predicted molar refractivity (Wildman–Crippen MR) is 111 cm³/mol. The molecule has 8 heteroatoms. The number of rotatable bonds is 6. The molecule has 3 heterocycles. The molecular formula is C21H18ClN3O3S. The molecule has 0 atom stereocenters. The van der Waals surface area contributed by atoms with Crippen molar-refractivity contribution in [2.45, 2.75) is 12.6 Å². The largest absolute Gasteiger partial charge is 0.485 e. The van der Waals surface area contributed by atoms with Crippen LogP contribution in [0.2, 0.25) is 5.02 Å². The SMILES string of the molecule is O=C(NCc1ccc(C(=O)N2CC(Oc3ccncc3Cl)C2)s1)c1ccccc1. The standard InChI is InChI=1S/C21H18ClN3O3S/c22-17-11-23-9-8-18(17)28-15-12-25(13-15)21(27)19-7-6-16(29-19)10-24-20(26)14-4-2-1-3-5-14/h1-9,11,15H,10,12-13H2,(H,24,26). The summed E-state index contributed by atoms with van der Waals surface area (Å²) in [7, 11) is 0. The summed E-state index contributed by atoms with van der Waals surface area (Å²) in [5.41, 5.74) is 0.612. The van der Waals surface area contributed by atoms with Crippen LogP contribution in [0.1, 0.15) is 24.9 Å². The Morgan fingerprint density at radius 1 is 1.17 bits per heavy atom. The molecule has 0 aliphatic carbocycles. The van der Waals surface area contributed by atoms with Crippen molar-refractivity contribution < 1.29 is 14.3 Å². The van der Waals surface area contributed by atoms with Gasteiger partial charge in [0.2, 0.25) is 0 Å². The van der Waals surface area contributed by atoms with Crippen molar-refractivity contribution >= 4 is 34.8 Å². The second-order valence-corrected chi connectivity index (χ2v) is 8.15. The Balaban J connectivity index is 1.27. The first-order chi connectivity index (χ1) is 14.1.